The Morgan fingerprint density at radius 2 is 1.71 bits per heavy atom. The molecular formula is C14H9Br2ClF3N. The quantitative estimate of drug-likeness (QED) is 0.571. The normalized spacial score (nSPS) is 11.5. The molecule has 0 unspecified atom stereocenters. The van der Waals surface area contributed by atoms with Crippen LogP contribution in [0.2, 0.25) is 5.02 Å². The van der Waals surface area contributed by atoms with Gasteiger partial charge in [-0.3, -0.25) is 0 Å². The first-order valence-electron chi connectivity index (χ1n) is 5.81. The molecule has 21 heavy (non-hydrogen) atoms. The van der Waals surface area contributed by atoms with E-state index in [4.69, 9.17) is 11.6 Å². The second kappa shape index (κ2) is 6.58. The van der Waals surface area contributed by atoms with Crippen LogP contribution in [-0.4, -0.2) is 0 Å². The van der Waals surface area contributed by atoms with Crippen LogP contribution in [0.5, 0.6) is 0 Å². The first kappa shape index (κ1) is 16.6. The van der Waals surface area contributed by atoms with E-state index in [-0.39, 0.29) is 0 Å². The van der Waals surface area contributed by atoms with E-state index in [1.54, 1.807) is 18.2 Å². The van der Waals surface area contributed by atoms with Crippen molar-refractivity contribution in [2.75, 3.05) is 5.32 Å². The second-order valence-corrected chi connectivity index (χ2v) is 6.55. The Kier molecular flexibility index (Phi) is 5.22. The van der Waals surface area contributed by atoms with Gasteiger partial charge in [-0.15, -0.1) is 0 Å². The van der Waals surface area contributed by atoms with Crippen molar-refractivity contribution in [2.45, 2.75) is 12.7 Å². The van der Waals surface area contributed by atoms with Gasteiger partial charge in [0.2, 0.25) is 0 Å². The van der Waals surface area contributed by atoms with Crippen LogP contribution >= 0.6 is 43.5 Å². The summed E-state index contributed by atoms with van der Waals surface area (Å²) in [5.74, 6) is 0. The Balaban J connectivity index is 2.20. The molecule has 112 valence electrons. The fourth-order valence-electron chi connectivity index (χ4n) is 1.73. The molecule has 0 aromatic heterocycles. The van der Waals surface area contributed by atoms with Crippen LogP contribution < -0.4 is 5.32 Å². The maximum atomic E-state index is 12.8. The van der Waals surface area contributed by atoms with Crippen molar-refractivity contribution in [3.05, 3.63) is 61.5 Å². The average molecular weight is 443 g/mol. The van der Waals surface area contributed by atoms with Crippen LogP contribution in [0.4, 0.5) is 18.9 Å². The van der Waals surface area contributed by atoms with Gasteiger partial charge in [-0.25, -0.2) is 0 Å². The molecule has 0 heterocycles. The number of alkyl halides is 3. The third kappa shape index (κ3) is 4.63. The van der Waals surface area contributed by atoms with Gasteiger partial charge in [0.1, 0.15) is 0 Å². The highest BCUT2D eigenvalue weighted by Crippen LogP contribution is 2.33. The molecule has 0 aliphatic rings. The van der Waals surface area contributed by atoms with Gasteiger partial charge in [-0.2, -0.15) is 13.2 Å². The molecule has 0 atom stereocenters. The van der Waals surface area contributed by atoms with Crippen LogP contribution in [0.1, 0.15) is 11.1 Å². The van der Waals surface area contributed by atoms with Crippen LogP contribution in [0, 0.1) is 0 Å². The molecule has 0 spiro atoms. The summed E-state index contributed by atoms with van der Waals surface area (Å²) in [5, 5.41) is 3.50. The minimum atomic E-state index is -4.38. The molecule has 2 rings (SSSR count). The lowest BCUT2D eigenvalue weighted by Crippen LogP contribution is -2.07. The Labute approximate surface area is 141 Å². The number of rotatable bonds is 3. The zero-order valence-electron chi connectivity index (χ0n) is 10.4. The standard InChI is InChI=1S/C14H9Br2ClF3N/c15-10-1-2-13(17)8(3-10)7-21-12-5-9(14(18,19)20)4-11(16)6-12/h1-6,21H,7H2. The lowest BCUT2D eigenvalue weighted by Gasteiger charge is -2.12. The van der Waals surface area contributed by atoms with E-state index in [1.807, 2.05) is 6.07 Å². The topological polar surface area (TPSA) is 12.0 Å². The third-order valence-corrected chi connectivity index (χ3v) is 4.04. The van der Waals surface area contributed by atoms with Gasteiger partial charge in [0.25, 0.3) is 0 Å². The minimum absolute atomic E-state index is 0.325. The van der Waals surface area contributed by atoms with E-state index in [0.717, 1.165) is 22.2 Å². The predicted molar refractivity (Wildman–Crippen MR) is 85.6 cm³/mol. The molecule has 0 bridgehead atoms. The van der Waals surface area contributed by atoms with Crippen molar-refractivity contribution in [2.24, 2.45) is 0 Å². The first-order chi connectivity index (χ1) is 9.75. The average Bonchev–Trinajstić information content (AvgIpc) is 2.38. The van der Waals surface area contributed by atoms with Crippen molar-refractivity contribution in [1.29, 1.82) is 0 Å². The second-order valence-electron chi connectivity index (χ2n) is 4.32. The van der Waals surface area contributed by atoms with E-state index in [9.17, 15) is 13.2 Å². The van der Waals surface area contributed by atoms with Crippen LogP contribution in [-0.2, 0) is 12.7 Å². The molecule has 7 heteroatoms. The number of hydrogen-bond donors (Lipinski definition) is 1. The Morgan fingerprint density at radius 3 is 2.38 bits per heavy atom. The summed E-state index contributed by atoms with van der Waals surface area (Å²) in [6, 6.07) is 9.03. The molecule has 2 aromatic carbocycles. The van der Waals surface area contributed by atoms with Gasteiger partial charge in [0.05, 0.1) is 5.56 Å². The van der Waals surface area contributed by atoms with Crippen molar-refractivity contribution < 1.29 is 13.2 Å². The third-order valence-electron chi connectivity index (χ3n) is 2.72. The molecule has 0 aliphatic carbocycles. The molecular weight excluding hydrogens is 434 g/mol. The minimum Gasteiger partial charge on any atom is -0.381 e. The number of benzene rings is 2. The lowest BCUT2D eigenvalue weighted by atomic mass is 10.1. The van der Waals surface area contributed by atoms with E-state index >= 15 is 0 Å². The molecule has 0 amide bonds. The highest BCUT2D eigenvalue weighted by Gasteiger charge is 2.31. The van der Waals surface area contributed by atoms with E-state index < -0.39 is 11.7 Å². The molecule has 0 saturated heterocycles. The summed E-state index contributed by atoms with van der Waals surface area (Å²) < 4.78 is 39.5. The smallest absolute Gasteiger partial charge is 0.381 e. The Morgan fingerprint density at radius 1 is 1.00 bits per heavy atom. The van der Waals surface area contributed by atoms with Crippen LogP contribution in [0.3, 0.4) is 0 Å². The number of nitrogens with one attached hydrogen (secondary N) is 1. The molecule has 2 aromatic rings. The molecule has 0 radical (unpaired) electrons. The summed E-state index contributed by atoms with van der Waals surface area (Å²) in [4.78, 5) is 0. The fourth-order valence-corrected chi connectivity index (χ4v) is 2.82. The molecule has 0 aliphatic heterocycles. The van der Waals surface area contributed by atoms with Gasteiger partial charge in [0.15, 0.2) is 0 Å². The monoisotopic (exact) mass is 441 g/mol. The largest absolute Gasteiger partial charge is 0.416 e. The highest BCUT2D eigenvalue weighted by atomic mass is 79.9. The summed E-state index contributed by atoms with van der Waals surface area (Å²) in [7, 11) is 0. The molecule has 1 N–H and O–H groups in total. The summed E-state index contributed by atoms with van der Waals surface area (Å²) in [6.07, 6.45) is -4.38. The number of hydrogen-bond acceptors (Lipinski definition) is 1. The van der Waals surface area contributed by atoms with E-state index in [2.05, 4.69) is 37.2 Å². The van der Waals surface area contributed by atoms with Crippen molar-refractivity contribution in [1.82, 2.24) is 0 Å². The lowest BCUT2D eigenvalue weighted by molar-refractivity contribution is -0.137. The number of halogens is 6. The summed E-state index contributed by atoms with van der Waals surface area (Å²) >= 11 is 12.5. The molecule has 0 saturated carbocycles. The van der Waals surface area contributed by atoms with Crippen LogP contribution in [0.25, 0.3) is 0 Å². The van der Waals surface area contributed by atoms with E-state index in [1.165, 1.54) is 0 Å². The van der Waals surface area contributed by atoms with Crippen molar-refractivity contribution in [3.63, 3.8) is 0 Å². The van der Waals surface area contributed by atoms with Gasteiger partial charge >= 0.3 is 6.18 Å². The summed E-state index contributed by atoms with van der Waals surface area (Å²) in [6.45, 7) is 0.325. The fraction of sp³-hybridized carbons (Fsp3) is 0.143. The van der Waals surface area contributed by atoms with E-state index in [0.29, 0.717) is 21.7 Å². The maximum absolute atomic E-state index is 12.8. The summed E-state index contributed by atoms with van der Waals surface area (Å²) in [5.41, 5.74) is 0.451. The number of anilines is 1. The zero-order chi connectivity index (χ0) is 15.6. The Bertz CT molecular complexity index is 659. The molecule has 0 fully saturated rings. The zero-order valence-corrected chi connectivity index (χ0v) is 14.4. The Hall–Kier alpha value is -0.720. The maximum Gasteiger partial charge on any atom is 0.416 e. The van der Waals surface area contributed by atoms with Crippen LogP contribution in [0.15, 0.2) is 45.3 Å². The predicted octanol–water partition coefficient (Wildman–Crippen LogP) is 6.50. The van der Waals surface area contributed by atoms with Gasteiger partial charge in [0, 0.05) is 26.2 Å². The molecule has 1 nitrogen and oxygen atoms in total. The highest BCUT2D eigenvalue weighted by molar-refractivity contribution is 9.10. The van der Waals surface area contributed by atoms with Gasteiger partial charge in [-0.05, 0) is 42.0 Å². The van der Waals surface area contributed by atoms with Crippen molar-refractivity contribution >= 4 is 49.1 Å². The van der Waals surface area contributed by atoms with Gasteiger partial charge < -0.3 is 5.32 Å². The van der Waals surface area contributed by atoms with Crippen molar-refractivity contribution in [3.8, 4) is 0 Å². The SMILES string of the molecule is FC(F)(F)c1cc(Br)cc(NCc2cc(Br)ccc2Cl)c1. The van der Waals surface area contributed by atoms with Gasteiger partial charge in [-0.1, -0.05) is 43.5 Å². The first-order valence-corrected chi connectivity index (χ1v) is 7.78.